The molecule has 1 aromatic rings. The zero-order valence-corrected chi connectivity index (χ0v) is 7.47. The third-order valence-corrected chi connectivity index (χ3v) is 1.92. The lowest BCUT2D eigenvalue weighted by Crippen LogP contribution is -2.44. The van der Waals surface area contributed by atoms with Crippen LogP contribution in [0, 0.1) is 0 Å². The number of amidine groups is 1. The largest absolute Gasteiger partial charge is 0.350 e. The Labute approximate surface area is 81.2 Å². The summed E-state index contributed by atoms with van der Waals surface area (Å²) < 4.78 is 0. The van der Waals surface area contributed by atoms with Crippen molar-refractivity contribution in [1.82, 2.24) is 10.4 Å². The molecular formula is C9H10N4O. The molecule has 2 rings (SSSR count). The number of carbonyl (C=O) groups excluding carboxylic acids is 1. The first-order valence-corrected chi connectivity index (χ1v) is 4.21. The zero-order chi connectivity index (χ0) is 9.97. The van der Waals surface area contributed by atoms with Gasteiger partial charge in [0, 0.05) is 5.56 Å². The molecule has 14 heavy (non-hydrogen) atoms. The summed E-state index contributed by atoms with van der Waals surface area (Å²) in [5, 5.41) is 1.25. The lowest BCUT2D eigenvalue weighted by molar-refractivity contribution is 0.204. The average Bonchev–Trinajstić information content (AvgIpc) is 2.68. The van der Waals surface area contributed by atoms with Crippen molar-refractivity contribution >= 4 is 11.9 Å². The van der Waals surface area contributed by atoms with Crippen LogP contribution in [0.1, 0.15) is 5.56 Å². The van der Waals surface area contributed by atoms with Gasteiger partial charge in [0.25, 0.3) is 0 Å². The van der Waals surface area contributed by atoms with Gasteiger partial charge in [-0.1, -0.05) is 30.3 Å². The number of nitrogens with zero attached hydrogens (tertiary/aromatic N) is 2. The molecule has 0 spiro atoms. The molecule has 5 nitrogen and oxygen atoms in total. The molecule has 0 aliphatic carbocycles. The van der Waals surface area contributed by atoms with E-state index in [9.17, 15) is 4.79 Å². The number of amides is 2. The molecular weight excluding hydrogens is 180 g/mol. The van der Waals surface area contributed by atoms with Crippen molar-refractivity contribution in [1.29, 1.82) is 0 Å². The minimum atomic E-state index is -0.528. The zero-order valence-electron chi connectivity index (χ0n) is 7.47. The van der Waals surface area contributed by atoms with Gasteiger partial charge in [0.2, 0.25) is 0 Å². The number of carbonyl (C=O) groups is 1. The van der Waals surface area contributed by atoms with E-state index in [1.165, 1.54) is 5.01 Å². The Morgan fingerprint density at radius 1 is 1.43 bits per heavy atom. The number of benzene rings is 1. The molecule has 1 aliphatic heterocycles. The maximum absolute atomic E-state index is 10.8. The maximum atomic E-state index is 10.8. The molecule has 0 saturated heterocycles. The van der Waals surface area contributed by atoms with E-state index in [0.29, 0.717) is 5.84 Å². The first-order valence-electron chi connectivity index (χ1n) is 4.21. The molecule has 72 valence electrons. The average molecular weight is 190 g/mol. The monoisotopic (exact) mass is 190 g/mol. The van der Waals surface area contributed by atoms with E-state index in [1.54, 1.807) is 0 Å². The van der Waals surface area contributed by atoms with Crippen molar-refractivity contribution in [2.75, 3.05) is 6.67 Å². The van der Waals surface area contributed by atoms with Gasteiger partial charge < -0.3 is 5.73 Å². The van der Waals surface area contributed by atoms with Crippen molar-refractivity contribution in [2.24, 2.45) is 10.7 Å². The second-order valence-electron chi connectivity index (χ2n) is 2.89. The molecule has 0 aromatic heterocycles. The molecule has 0 radical (unpaired) electrons. The summed E-state index contributed by atoms with van der Waals surface area (Å²) in [5.41, 5.74) is 8.85. The van der Waals surface area contributed by atoms with Crippen LogP contribution in [0.2, 0.25) is 0 Å². The highest BCUT2D eigenvalue weighted by Crippen LogP contribution is 2.04. The van der Waals surface area contributed by atoms with E-state index < -0.39 is 6.03 Å². The summed E-state index contributed by atoms with van der Waals surface area (Å²) in [4.78, 5) is 14.9. The third-order valence-electron chi connectivity index (χ3n) is 1.92. The van der Waals surface area contributed by atoms with Crippen molar-refractivity contribution in [3.8, 4) is 0 Å². The van der Waals surface area contributed by atoms with Gasteiger partial charge in [-0.3, -0.25) is 5.43 Å². The number of nitrogens with two attached hydrogens (primary N) is 1. The van der Waals surface area contributed by atoms with E-state index in [2.05, 4.69) is 10.4 Å². The van der Waals surface area contributed by atoms with E-state index in [1.807, 2.05) is 30.3 Å². The van der Waals surface area contributed by atoms with Crippen LogP contribution in [-0.2, 0) is 0 Å². The Hall–Kier alpha value is -2.04. The lowest BCUT2D eigenvalue weighted by atomic mass is 10.2. The van der Waals surface area contributed by atoms with Crippen molar-refractivity contribution in [2.45, 2.75) is 0 Å². The number of hydrazine groups is 1. The van der Waals surface area contributed by atoms with Gasteiger partial charge in [-0.05, 0) is 0 Å². The highest BCUT2D eigenvalue weighted by molar-refractivity contribution is 6.00. The normalized spacial score (nSPS) is 14.9. The van der Waals surface area contributed by atoms with Crippen LogP contribution in [0.15, 0.2) is 35.3 Å². The second-order valence-corrected chi connectivity index (χ2v) is 2.89. The Bertz CT molecular complexity index is 374. The van der Waals surface area contributed by atoms with Crippen molar-refractivity contribution in [3.05, 3.63) is 35.9 Å². The summed E-state index contributed by atoms with van der Waals surface area (Å²) in [6.07, 6.45) is 0. The van der Waals surface area contributed by atoms with Gasteiger partial charge in [-0.15, -0.1) is 0 Å². The molecule has 1 aliphatic rings. The van der Waals surface area contributed by atoms with Gasteiger partial charge in [-0.25, -0.2) is 14.8 Å². The van der Waals surface area contributed by atoms with Crippen LogP contribution in [0.3, 0.4) is 0 Å². The van der Waals surface area contributed by atoms with Gasteiger partial charge >= 0.3 is 6.03 Å². The van der Waals surface area contributed by atoms with Gasteiger partial charge in [0.15, 0.2) is 0 Å². The molecule has 0 bridgehead atoms. The van der Waals surface area contributed by atoms with Crippen molar-refractivity contribution < 1.29 is 4.79 Å². The van der Waals surface area contributed by atoms with Crippen LogP contribution in [0.5, 0.6) is 0 Å². The van der Waals surface area contributed by atoms with E-state index >= 15 is 0 Å². The highest BCUT2D eigenvalue weighted by atomic mass is 16.2. The summed E-state index contributed by atoms with van der Waals surface area (Å²) in [5.74, 6) is 0.671. The van der Waals surface area contributed by atoms with E-state index in [-0.39, 0.29) is 6.67 Å². The number of hydrogen-bond acceptors (Lipinski definition) is 3. The SMILES string of the molecule is NC(=O)N1CN=C(c2ccccc2)N1. The predicted molar refractivity (Wildman–Crippen MR) is 52.4 cm³/mol. The topological polar surface area (TPSA) is 70.7 Å². The Morgan fingerprint density at radius 2 is 2.14 bits per heavy atom. The van der Waals surface area contributed by atoms with Crippen LogP contribution in [0.4, 0.5) is 4.79 Å². The molecule has 0 fully saturated rings. The van der Waals surface area contributed by atoms with Crippen LogP contribution >= 0.6 is 0 Å². The summed E-state index contributed by atoms with van der Waals surface area (Å²) in [6, 6.07) is 9.04. The first-order chi connectivity index (χ1) is 6.77. The predicted octanol–water partition coefficient (Wildman–Crippen LogP) is 0.290. The van der Waals surface area contributed by atoms with Gasteiger partial charge in [0.05, 0.1) is 0 Å². The maximum Gasteiger partial charge on any atom is 0.335 e. The Kier molecular flexibility index (Phi) is 2.06. The minimum absolute atomic E-state index is 0.263. The number of nitrogens with one attached hydrogen (secondary N) is 1. The van der Waals surface area contributed by atoms with E-state index in [0.717, 1.165) is 5.56 Å². The molecule has 0 unspecified atom stereocenters. The second kappa shape index (κ2) is 3.37. The van der Waals surface area contributed by atoms with Crippen LogP contribution < -0.4 is 11.2 Å². The van der Waals surface area contributed by atoms with Gasteiger partial charge in [0.1, 0.15) is 12.5 Å². The number of aliphatic imine (C=N–C) groups is 1. The molecule has 3 N–H and O–H groups in total. The van der Waals surface area contributed by atoms with E-state index in [4.69, 9.17) is 5.73 Å². The summed E-state index contributed by atoms with van der Waals surface area (Å²) in [7, 11) is 0. The number of rotatable bonds is 1. The van der Waals surface area contributed by atoms with Gasteiger partial charge in [-0.2, -0.15) is 0 Å². The third kappa shape index (κ3) is 1.52. The Morgan fingerprint density at radius 3 is 2.71 bits per heavy atom. The number of primary amides is 1. The quantitative estimate of drug-likeness (QED) is 0.668. The molecule has 1 aromatic carbocycles. The summed E-state index contributed by atoms with van der Waals surface area (Å²) in [6.45, 7) is 0.263. The van der Waals surface area contributed by atoms with Crippen LogP contribution in [-0.4, -0.2) is 23.5 Å². The van der Waals surface area contributed by atoms with Crippen molar-refractivity contribution in [3.63, 3.8) is 0 Å². The smallest absolute Gasteiger partial charge is 0.335 e. The standard InChI is InChI=1S/C9H10N4O/c10-9(14)13-6-11-8(12-13)7-4-2-1-3-5-7/h1-5H,6H2,(H2,10,14)(H,11,12). The molecule has 1 heterocycles. The molecule has 2 amide bonds. The molecule has 0 atom stereocenters. The molecule has 5 heteroatoms. The summed E-state index contributed by atoms with van der Waals surface area (Å²) >= 11 is 0. The van der Waals surface area contributed by atoms with Crippen LogP contribution in [0.25, 0.3) is 0 Å². The molecule has 0 saturated carbocycles. The lowest BCUT2D eigenvalue weighted by Gasteiger charge is -2.12. The minimum Gasteiger partial charge on any atom is -0.350 e. The first kappa shape index (κ1) is 8.55. The number of urea groups is 1. The highest BCUT2D eigenvalue weighted by Gasteiger charge is 2.18. The number of hydrogen-bond donors (Lipinski definition) is 2. The fourth-order valence-corrected chi connectivity index (χ4v) is 1.22. The fraction of sp³-hybridized carbons (Fsp3) is 0.111. The Balaban J connectivity index is 2.13. The fourth-order valence-electron chi connectivity index (χ4n) is 1.22.